The molecule has 0 aliphatic carbocycles. The third-order valence-electron chi connectivity index (χ3n) is 2.91. The van der Waals surface area contributed by atoms with Gasteiger partial charge in [0.25, 0.3) is 0 Å². The van der Waals surface area contributed by atoms with Crippen LogP contribution in [0.1, 0.15) is 20.8 Å². The van der Waals surface area contributed by atoms with Gasteiger partial charge in [0.1, 0.15) is 13.2 Å². The van der Waals surface area contributed by atoms with Gasteiger partial charge in [-0.05, 0) is 22.0 Å². The lowest BCUT2D eigenvalue weighted by Gasteiger charge is -2.22. The van der Waals surface area contributed by atoms with E-state index >= 15 is 0 Å². The Balaban J connectivity index is 2.20. The van der Waals surface area contributed by atoms with Gasteiger partial charge in [-0.3, -0.25) is 4.79 Å². The number of nitrogens with zero attached hydrogens (tertiary/aromatic N) is 1. The summed E-state index contributed by atoms with van der Waals surface area (Å²) in [6.07, 6.45) is 0.657. The normalized spacial score (nSPS) is 13.0. The molecule has 8 heteroatoms. The quantitative estimate of drug-likeness (QED) is 0.845. The SMILES string of the molecule is O=Cc1c(Br)cc(-c2cc(C(=O)O)no2)c2c1OCCO2. The van der Waals surface area contributed by atoms with Crippen LogP contribution in [0, 0.1) is 0 Å². The third kappa shape index (κ3) is 2.27. The number of carboxylic acid groups (broad SMARTS) is 1. The molecular weight excluding hydrogens is 346 g/mol. The van der Waals surface area contributed by atoms with Crippen LogP contribution in [0.4, 0.5) is 0 Å². The highest BCUT2D eigenvalue weighted by atomic mass is 79.9. The van der Waals surface area contributed by atoms with E-state index in [4.69, 9.17) is 19.1 Å². The average molecular weight is 354 g/mol. The summed E-state index contributed by atoms with van der Waals surface area (Å²) >= 11 is 3.27. The summed E-state index contributed by atoms with van der Waals surface area (Å²) < 4.78 is 16.5. The molecule has 1 aromatic heterocycles. The summed E-state index contributed by atoms with van der Waals surface area (Å²) in [5.41, 5.74) is 0.569. The van der Waals surface area contributed by atoms with E-state index in [1.807, 2.05) is 0 Å². The number of aldehydes is 1. The molecule has 0 atom stereocenters. The topological polar surface area (TPSA) is 98.9 Å². The van der Waals surface area contributed by atoms with Crippen LogP contribution in [-0.2, 0) is 0 Å². The van der Waals surface area contributed by atoms with Crippen molar-refractivity contribution in [2.45, 2.75) is 0 Å². The molecule has 21 heavy (non-hydrogen) atoms. The Bertz CT molecular complexity index is 739. The smallest absolute Gasteiger partial charge is 0.358 e. The molecule has 0 fully saturated rings. The van der Waals surface area contributed by atoms with Gasteiger partial charge in [0, 0.05) is 10.5 Å². The number of hydrogen-bond acceptors (Lipinski definition) is 6. The molecule has 0 saturated heterocycles. The lowest BCUT2D eigenvalue weighted by molar-refractivity contribution is 0.0685. The molecule has 0 radical (unpaired) electrons. The van der Waals surface area contributed by atoms with E-state index in [0.29, 0.717) is 46.6 Å². The molecule has 1 aliphatic rings. The summed E-state index contributed by atoms with van der Waals surface area (Å²) in [6, 6.07) is 2.88. The molecule has 2 heterocycles. The molecule has 0 amide bonds. The van der Waals surface area contributed by atoms with Crippen molar-refractivity contribution in [3.63, 3.8) is 0 Å². The van der Waals surface area contributed by atoms with Crippen molar-refractivity contribution >= 4 is 28.2 Å². The second kappa shape index (κ2) is 5.21. The second-order valence-corrected chi connectivity index (χ2v) is 5.03. The van der Waals surface area contributed by atoms with Crippen molar-refractivity contribution in [2.24, 2.45) is 0 Å². The van der Waals surface area contributed by atoms with Crippen LogP contribution in [0.5, 0.6) is 11.5 Å². The highest BCUT2D eigenvalue weighted by Gasteiger charge is 2.26. The average Bonchev–Trinajstić information content (AvgIpc) is 2.96. The molecule has 0 saturated carbocycles. The van der Waals surface area contributed by atoms with Crippen molar-refractivity contribution in [3.8, 4) is 22.8 Å². The molecule has 7 nitrogen and oxygen atoms in total. The van der Waals surface area contributed by atoms with E-state index in [-0.39, 0.29) is 11.5 Å². The van der Waals surface area contributed by atoms with Crippen LogP contribution in [0.15, 0.2) is 21.1 Å². The van der Waals surface area contributed by atoms with E-state index in [9.17, 15) is 9.59 Å². The first-order chi connectivity index (χ1) is 10.1. The maximum atomic E-state index is 11.2. The summed E-state index contributed by atoms with van der Waals surface area (Å²) in [5.74, 6) is -0.347. The fourth-order valence-corrected chi connectivity index (χ4v) is 2.50. The summed E-state index contributed by atoms with van der Waals surface area (Å²) in [6.45, 7) is 0.639. The van der Waals surface area contributed by atoms with Gasteiger partial charge in [-0.25, -0.2) is 4.79 Å². The van der Waals surface area contributed by atoms with Gasteiger partial charge in [-0.15, -0.1) is 0 Å². The number of ether oxygens (including phenoxy) is 2. The largest absolute Gasteiger partial charge is 0.485 e. The maximum Gasteiger partial charge on any atom is 0.358 e. The first-order valence-corrected chi connectivity index (χ1v) is 6.68. The predicted molar refractivity (Wildman–Crippen MR) is 73.0 cm³/mol. The molecule has 108 valence electrons. The van der Waals surface area contributed by atoms with Gasteiger partial charge in [0.15, 0.2) is 29.2 Å². The van der Waals surface area contributed by atoms with Crippen molar-refractivity contribution in [3.05, 3.63) is 27.9 Å². The number of benzene rings is 1. The van der Waals surface area contributed by atoms with Crippen LogP contribution in [-0.4, -0.2) is 35.7 Å². The molecule has 2 aromatic rings. The number of rotatable bonds is 3. The highest BCUT2D eigenvalue weighted by Crippen LogP contribution is 2.45. The lowest BCUT2D eigenvalue weighted by Crippen LogP contribution is -2.17. The Hall–Kier alpha value is -2.35. The van der Waals surface area contributed by atoms with Crippen molar-refractivity contribution in [1.82, 2.24) is 5.16 Å². The predicted octanol–water partition coefficient (Wildman–Crippen LogP) is 2.39. The van der Waals surface area contributed by atoms with Crippen LogP contribution >= 0.6 is 15.9 Å². The van der Waals surface area contributed by atoms with Crippen molar-refractivity contribution < 1.29 is 28.7 Å². The standard InChI is InChI=1S/C13H8BrNO6/c14-8-3-6(10-4-9(13(17)18)15-21-10)11-12(7(8)5-16)20-2-1-19-11/h3-5H,1-2H2,(H,17,18). The highest BCUT2D eigenvalue weighted by molar-refractivity contribution is 9.10. The fraction of sp³-hybridized carbons (Fsp3) is 0.154. The molecular formula is C13H8BrNO6. The Labute approximate surface area is 126 Å². The number of aromatic carboxylic acids is 1. The minimum Gasteiger partial charge on any atom is -0.485 e. The number of carbonyl (C=O) groups is 2. The van der Waals surface area contributed by atoms with Gasteiger partial charge in [-0.2, -0.15) is 0 Å². The summed E-state index contributed by atoms with van der Waals surface area (Å²) in [5, 5.41) is 12.3. The Morgan fingerprint density at radius 3 is 2.62 bits per heavy atom. The van der Waals surface area contributed by atoms with Gasteiger partial charge in [-0.1, -0.05) is 5.16 Å². The first-order valence-electron chi connectivity index (χ1n) is 5.89. The maximum absolute atomic E-state index is 11.2. The number of hydrogen-bond donors (Lipinski definition) is 1. The van der Waals surface area contributed by atoms with Crippen molar-refractivity contribution in [2.75, 3.05) is 13.2 Å². The van der Waals surface area contributed by atoms with Crippen LogP contribution in [0.25, 0.3) is 11.3 Å². The monoisotopic (exact) mass is 353 g/mol. The van der Waals surface area contributed by atoms with Gasteiger partial charge in [0.05, 0.1) is 11.1 Å². The zero-order chi connectivity index (χ0) is 15.0. The van der Waals surface area contributed by atoms with Crippen LogP contribution < -0.4 is 9.47 Å². The number of aromatic nitrogens is 1. The molecule has 1 N–H and O–H groups in total. The number of fused-ring (bicyclic) bond motifs is 1. The fourth-order valence-electron chi connectivity index (χ4n) is 1.99. The minimum atomic E-state index is -1.19. The van der Waals surface area contributed by atoms with Crippen molar-refractivity contribution in [1.29, 1.82) is 0 Å². The van der Waals surface area contributed by atoms with E-state index < -0.39 is 5.97 Å². The zero-order valence-corrected chi connectivity index (χ0v) is 12.0. The number of halogens is 1. The van der Waals surface area contributed by atoms with Crippen LogP contribution in [0.3, 0.4) is 0 Å². The van der Waals surface area contributed by atoms with Crippen LogP contribution in [0.2, 0.25) is 0 Å². The van der Waals surface area contributed by atoms with Gasteiger partial charge >= 0.3 is 5.97 Å². The molecule has 3 rings (SSSR count). The summed E-state index contributed by atoms with van der Waals surface area (Å²) in [4.78, 5) is 22.0. The van der Waals surface area contributed by atoms with E-state index in [0.717, 1.165) is 0 Å². The molecule has 0 bridgehead atoms. The van der Waals surface area contributed by atoms with E-state index in [2.05, 4.69) is 21.1 Å². The third-order valence-corrected chi connectivity index (χ3v) is 3.57. The Morgan fingerprint density at radius 2 is 2.00 bits per heavy atom. The Morgan fingerprint density at radius 1 is 1.29 bits per heavy atom. The zero-order valence-electron chi connectivity index (χ0n) is 10.5. The number of carboxylic acids is 1. The lowest BCUT2D eigenvalue weighted by atomic mass is 10.1. The molecule has 0 spiro atoms. The first kappa shape index (κ1) is 13.6. The second-order valence-electron chi connectivity index (χ2n) is 4.17. The summed E-state index contributed by atoms with van der Waals surface area (Å²) in [7, 11) is 0. The minimum absolute atomic E-state index is 0.215. The molecule has 1 aromatic carbocycles. The number of carbonyl (C=O) groups excluding carboxylic acids is 1. The Kier molecular flexibility index (Phi) is 3.38. The van der Waals surface area contributed by atoms with E-state index in [1.54, 1.807) is 6.07 Å². The van der Waals surface area contributed by atoms with Gasteiger partial charge < -0.3 is 19.1 Å². The van der Waals surface area contributed by atoms with Gasteiger partial charge in [0.2, 0.25) is 0 Å². The van der Waals surface area contributed by atoms with E-state index in [1.165, 1.54) is 6.07 Å². The molecule has 1 aliphatic heterocycles. The molecule has 0 unspecified atom stereocenters.